The van der Waals surface area contributed by atoms with Crippen molar-refractivity contribution in [1.82, 2.24) is 4.90 Å². The number of hydrogen-bond acceptors (Lipinski definition) is 3. The van der Waals surface area contributed by atoms with Gasteiger partial charge in [0.05, 0.1) is 13.7 Å². The summed E-state index contributed by atoms with van der Waals surface area (Å²) in [6.07, 6.45) is 3.18. The topological polar surface area (TPSA) is 49.8 Å². The molecule has 0 aliphatic heterocycles. The van der Waals surface area contributed by atoms with Crippen LogP contribution < -0.4 is 4.74 Å². The van der Waals surface area contributed by atoms with Gasteiger partial charge in [-0.25, -0.2) is 0 Å². The molecule has 0 heterocycles. The fraction of sp³-hybridized carbons (Fsp3) is 0.533. The van der Waals surface area contributed by atoms with Crippen LogP contribution in [0.15, 0.2) is 18.2 Å². The van der Waals surface area contributed by atoms with Gasteiger partial charge in [0.25, 0.3) is 0 Å². The van der Waals surface area contributed by atoms with Gasteiger partial charge in [0.1, 0.15) is 5.75 Å². The molecular formula is C15H21NO3. The van der Waals surface area contributed by atoms with Gasteiger partial charge in [-0.3, -0.25) is 9.69 Å². The third-order valence-electron chi connectivity index (χ3n) is 3.82. The summed E-state index contributed by atoms with van der Waals surface area (Å²) in [5, 5.41) is 9.01. The van der Waals surface area contributed by atoms with Crippen LogP contribution in [0.1, 0.15) is 36.9 Å². The van der Waals surface area contributed by atoms with Gasteiger partial charge < -0.3 is 9.84 Å². The van der Waals surface area contributed by atoms with Gasteiger partial charge in [-0.05, 0) is 49.1 Å². The minimum atomic E-state index is -0.762. The second-order valence-electron chi connectivity index (χ2n) is 4.93. The molecule has 0 saturated heterocycles. The van der Waals surface area contributed by atoms with Crippen molar-refractivity contribution in [1.29, 1.82) is 0 Å². The normalized spacial score (nSPS) is 18.2. The first-order valence-corrected chi connectivity index (χ1v) is 6.78. The molecule has 0 radical (unpaired) electrons. The fourth-order valence-corrected chi connectivity index (χ4v) is 2.89. The summed E-state index contributed by atoms with van der Waals surface area (Å²) >= 11 is 0. The first-order chi connectivity index (χ1) is 9.15. The predicted octanol–water partition coefficient (Wildman–Crippen LogP) is 2.48. The number of aliphatic carboxylic acids is 1. The van der Waals surface area contributed by atoms with Crippen LogP contribution in [0, 0.1) is 0 Å². The third-order valence-corrected chi connectivity index (χ3v) is 3.82. The van der Waals surface area contributed by atoms with Gasteiger partial charge in [-0.2, -0.15) is 0 Å². The van der Waals surface area contributed by atoms with Gasteiger partial charge in [-0.1, -0.05) is 13.0 Å². The average Bonchev–Trinajstić information content (AvgIpc) is 2.43. The Bertz CT molecular complexity index is 459. The van der Waals surface area contributed by atoms with Gasteiger partial charge in [0, 0.05) is 6.04 Å². The molecule has 0 saturated carbocycles. The number of rotatable bonds is 5. The maximum Gasteiger partial charge on any atom is 0.317 e. The summed E-state index contributed by atoms with van der Waals surface area (Å²) in [7, 11) is 1.67. The van der Waals surface area contributed by atoms with E-state index in [1.807, 2.05) is 17.9 Å². The van der Waals surface area contributed by atoms with Crippen LogP contribution in [0.25, 0.3) is 0 Å². The zero-order chi connectivity index (χ0) is 13.8. The van der Waals surface area contributed by atoms with Crippen LogP contribution in [0.3, 0.4) is 0 Å². The standard InChI is InChI=1S/C15H21NO3/c1-3-16(10-15(17)18)14-6-4-5-11-9-12(19-2)7-8-13(11)14/h7-9,14H,3-6,10H2,1-2H3,(H,17,18). The number of carboxylic acid groups (broad SMARTS) is 1. The number of hydrogen-bond donors (Lipinski definition) is 1. The molecule has 1 unspecified atom stereocenters. The van der Waals surface area contributed by atoms with Crippen molar-refractivity contribution in [3.8, 4) is 5.75 Å². The smallest absolute Gasteiger partial charge is 0.317 e. The largest absolute Gasteiger partial charge is 0.497 e. The molecule has 0 amide bonds. The third kappa shape index (κ3) is 3.07. The molecule has 4 nitrogen and oxygen atoms in total. The van der Waals surface area contributed by atoms with Gasteiger partial charge in [0.15, 0.2) is 0 Å². The van der Waals surface area contributed by atoms with E-state index in [0.29, 0.717) is 0 Å². The van der Waals surface area contributed by atoms with Crippen molar-refractivity contribution in [3.05, 3.63) is 29.3 Å². The van der Waals surface area contributed by atoms with Crippen molar-refractivity contribution in [2.75, 3.05) is 20.2 Å². The van der Waals surface area contributed by atoms with E-state index in [1.54, 1.807) is 7.11 Å². The Morgan fingerprint density at radius 1 is 1.53 bits per heavy atom. The Balaban J connectivity index is 2.27. The van der Waals surface area contributed by atoms with E-state index in [1.165, 1.54) is 11.1 Å². The molecule has 0 bridgehead atoms. The van der Waals surface area contributed by atoms with E-state index in [0.717, 1.165) is 31.6 Å². The summed E-state index contributed by atoms with van der Waals surface area (Å²) in [5.41, 5.74) is 2.55. The van der Waals surface area contributed by atoms with E-state index in [-0.39, 0.29) is 12.6 Å². The van der Waals surface area contributed by atoms with Crippen LogP contribution in [0.2, 0.25) is 0 Å². The zero-order valence-corrected chi connectivity index (χ0v) is 11.6. The minimum absolute atomic E-state index is 0.104. The highest BCUT2D eigenvalue weighted by Crippen LogP contribution is 2.35. The highest BCUT2D eigenvalue weighted by molar-refractivity contribution is 5.69. The fourth-order valence-electron chi connectivity index (χ4n) is 2.89. The van der Waals surface area contributed by atoms with E-state index in [4.69, 9.17) is 9.84 Å². The van der Waals surface area contributed by atoms with Crippen LogP contribution in [-0.4, -0.2) is 36.2 Å². The van der Waals surface area contributed by atoms with Gasteiger partial charge in [-0.15, -0.1) is 0 Å². The number of carbonyl (C=O) groups is 1. The Labute approximate surface area is 114 Å². The summed E-state index contributed by atoms with van der Waals surface area (Å²) < 4.78 is 5.26. The number of carboxylic acids is 1. The van der Waals surface area contributed by atoms with E-state index in [9.17, 15) is 4.79 Å². The first kappa shape index (κ1) is 13.9. The molecule has 0 spiro atoms. The lowest BCUT2D eigenvalue weighted by Crippen LogP contribution is -2.35. The number of likely N-dealkylation sites (N-methyl/N-ethyl adjacent to an activating group) is 1. The van der Waals surface area contributed by atoms with E-state index in [2.05, 4.69) is 12.1 Å². The van der Waals surface area contributed by atoms with E-state index < -0.39 is 5.97 Å². The molecule has 1 N–H and O–H groups in total. The Kier molecular flexibility index (Phi) is 4.43. The Hall–Kier alpha value is -1.55. The van der Waals surface area contributed by atoms with Crippen molar-refractivity contribution < 1.29 is 14.6 Å². The molecule has 0 fully saturated rings. The quantitative estimate of drug-likeness (QED) is 0.886. The van der Waals surface area contributed by atoms with Crippen LogP contribution in [-0.2, 0) is 11.2 Å². The van der Waals surface area contributed by atoms with Gasteiger partial charge in [0.2, 0.25) is 0 Å². The highest BCUT2D eigenvalue weighted by atomic mass is 16.5. The molecule has 2 rings (SSSR count). The van der Waals surface area contributed by atoms with Crippen LogP contribution in [0.4, 0.5) is 0 Å². The summed E-state index contributed by atoms with van der Waals surface area (Å²) in [6.45, 7) is 2.87. The number of methoxy groups -OCH3 is 1. The molecule has 1 aliphatic carbocycles. The van der Waals surface area contributed by atoms with Crippen molar-refractivity contribution in [2.45, 2.75) is 32.2 Å². The first-order valence-electron chi connectivity index (χ1n) is 6.78. The number of ether oxygens (including phenoxy) is 1. The summed E-state index contributed by atoms with van der Waals surface area (Å²) in [4.78, 5) is 13.0. The van der Waals surface area contributed by atoms with Crippen molar-refractivity contribution in [2.24, 2.45) is 0 Å². The van der Waals surface area contributed by atoms with Crippen molar-refractivity contribution >= 4 is 5.97 Å². The molecule has 104 valence electrons. The molecule has 0 aromatic heterocycles. The summed E-state index contributed by atoms with van der Waals surface area (Å²) in [6, 6.07) is 6.35. The molecule has 1 atom stereocenters. The second-order valence-corrected chi connectivity index (χ2v) is 4.93. The lowest BCUT2D eigenvalue weighted by atomic mass is 9.86. The second kappa shape index (κ2) is 6.06. The molecule has 1 aromatic rings. The highest BCUT2D eigenvalue weighted by Gasteiger charge is 2.26. The average molecular weight is 263 g/mol. The molecule has 1 aliphatic rings. The molecule has 19 heavy (non-hydrogen) atoms. The number of nitrogens with zero attached hydrogens (tertiary/aromatic N) is 1. The Morgan fingerprint density at radius 2 is 2.32 bits per heavy atom. The maximum atomic E-state index is 11.0. The zero-order valence-electron chi connectivity index (χ0n) is 11.6. The number of aryl methyl sites for hydroxylation is 1. The lowest BCUT2D eigenvalue weighted by Gasteiger charge is -2.34. The molecular weight excluding hydrogens is 242 g/mol. The monoisotopic (exact) mass is 263 g/mol. The van der Waals surface area contributed by atoms with Gasteiger partial charge >= 0.3 is 5.97 Å². The SMILES string of the molecule is CCN(CC(=O)O)C1CCCc2cc(OC)ccc21. The maximum absolute atomic E-state index is 11.0. The van der Waals surface area contributed by atoms with Crippen LogP contribution in [0.5, 0.6) is 5.75 Å². The van der Waals surface area contributed by atoms with E-state index >= 15 is 0 Å². The molecule has 4 heteroatoms. The number of benzene rings is 1. The number of fused-ring (bicyclic) bond motifs is 1. The molecule has 1 aromatic carbocycles. The predicted molar refractivity (Wildman–Crippen MR) is 73.6 cm³/mol. The summed E-state index contributed by atoms with van der Waals surface area (Å²) in [5.74, 6) is 0.114. The minimum Gasteiger partial charge on any atom is -0.497 e. The van der Waals surface area contributed by atoms with Crippen LogP contribution >= 0.6 is 0 Å². The Morgan fingerprint density at radius 3 is 2.95 bits per heavy atom. The lowest BCUT2D eigenvalue weighted by molar-refractivity contribution is -0.139. The van der Waals surface area contributed by atoms with Crippen molar-refractivity contribution in [3.63, 3.8) is 0 Å².